The molecule has 13 aromatic rings. The van der Waals surface area contributed by atoms with E-state index in [1.54, 1.807) is 138 Å². The number of carbonyl (C=O) groups excluding carboxylic acids is 2. The molecule has 608 valence electrons. The van der Waals surface area contributed by atoms with E-state index in [0.717, 1.165) is 59.0 Å². The molecule has 2 aliphatic heterocycles. The minimum absolute atomic E-state index is 0.174. The van der Waals surface area contributed by atoms with Gasteiger partial charge in [0.15, 0.2) is 11.6 Å². The number of ether oxygens (including phenoxy) is 4. The van der Waals surface area contributed by atoms with Crippen LogP contribution in [0.1, 0.15) is 56.2 Å². The third-order valence-corrected chi connectivity index (χ3v) is 21.0. The predicted molar refractivity (Wildman–Crippen MR) is 445 cm³/mol. The van der Waals surface area contributed by atoms with Crippen molar-refractivity contribution in [1.82, 2.24) is 43.5 Å². The number of nitrogens with zero attached hydrogens (tertiary/aromatic N) is 5. The van der Waals surface area contributed by atoms with Crippen LogP contribution in [0.3, 0.4) is 0 Å². The third kappa shape index (κ3) is 20.0. The van der Waals surface area contributed by atoms with Crippen molar-refractivity contribution >= 4 is 97.3 Å². The highest BCUT2D eigenvalue weighted by atomic mass is 35.5. The molecule has 0 saturated heterocycles. The lowest BCUT2D eigenvalue weighted by Gasteiger charge is -2.21. The van der Waals surface area contributed by atoms with Gasteiger partial charge in [0.1, 0.15) is 68.6 Å². The lowest BCUT2D eigenvalue weighted by molar-refractivity contribution is 0.0919. The number of benzene rings is 7. The molecule has 1 saturated carbocycles. The number of carbonyl (C=O) groups is 2. The Morgan fingerprint density at radius 2 is 0.897 bits per heavy atom. The largest absolute Gasteiger partial charge is 0.493 e. The normalized spacial score (nSPS) is 13.2. The molecule has 0 radical (unpaired) electrons. The molecule has 117 heavy (non-hydrogen) atoms. The summed E-state index contributed by atoms with van der Waals surface area (Å²) in [6, 6.07) is 44.3. The van der Waals surface area contributed by atoms with Crippen molar-refractivity contribution < 1.29 is 71.0 Å². The third-order valence-electron chi connectivity index (χ3n) is 18.4. The Labute approximate surface area is 675 Å². The van der Waals surface area contributed by atoms with Crippen LogP contribution >= 0.6 is 11.6 Å². The molecule has 16 rings (SSSR count). The quantitative estimate of drug-likeness (QED) is 0.0331. The van der Waals surface area contributed by atoms with Crippen LogP contribution in [0, 0.1) is 45.2 Å². The van der Waals surface area contributed by atoms with E-state index >= 15 is 0 Å². The molecule has 1 fully saturated rings. The number of H-pyrrole nitrogens is 2. The van der Waals surface area contributed by atoms with Gasteiger partial charge in [0.25, 0.3) is 22.9 Å². The number of para-hydroxylation sites is 1. The number of hydrogen-bond donors (Lipinski definition) is 8. The van der Waals surface area contributed by atoms with E-state index in [1.807, 2.05) is 65.4 Å². The fourth-order valence-corrected chi connectivity index (χ4v) is 15.7. The Kier molecular flexibility index (Phi) is 23.6. The Hall–Kier alpha value is -12.7. The zero-order chi connectivity index (χ0) is 83.6. The number of nitrogens with one attached hydrogen (secondary N) is 8. The van der Waals surface area contributed by atoms with Crippen molar-refractivity contribution in [3.63, 3.8) is 0 Å². The maximum Gasteiger partial charge on any atom is 0.272 e. The molecule has 1 aliphatic carbocycles. The summed E-state index contributed by atoms with van der Waals surface area (Å²) in [7, 11) is -13.9. The van der Waals surface area contributed by atoms with Crippen LogP contribution in [-0.2, 0) is 53.2 Å². The maximum absolute atomic E-state index is 14.2. The second-order valence-electron chi connectivity index (χ2n) is 27.9. The van der Waals surface area contributed by atoms with E-state index in [2.05, 4.69) is 44.5 Å². The van der Waals surface area contributed by atoms with Crippen molar-refractivity contribution in [1.29, 1.82) is 0 Å². The van der Waals surface area contributed by atoms with Gasteiger partial charge in [-0.1, -0.05) is 29.8 Å². The van der Waals surface area contributed by atoms with Gasteiger partial charge >= 0.3 is 0 Å². The van der Waals surface area contributed by atoms with Crippen LogP contribution in [0.15, 0.2) is 198 Å². The van der Waals surface area contributed by atoms with Gasteiger partial charge in [-0.2, -0.15) is 0 Å². The lowest BCUT2D eigenvalue weighted by Crippen LogP contribution is -2.35. The van der Waals surface area contributed by atoms with E-state index in [4.69, 9.17) is 30.5 Å². The van der Waals surface area contributed by atoms with Crippen molar-refractivity contribution in [3.05, 3.63) is 260 Å². The van der Waals surface area contributed by atoms with Gasteiger partial charge in [-0.15, -0.1) is 0 Å². The highest BCUT2D eigenvalue weighted by Gasteiger charge is 2.30. The van der Waals surface area contributed by atoms with Gasteiger partial charge in [0.05, 0.1) is 60.0 Å². The number of aromatic amines is 2. The van der Waals surface area contributed by atoms with Gasteiger partial charge in [-0.05, 0) is 203 Å². The fourth-order valence-electron chi connectivity index (χ4n) is 13.4. The summed E-state index contributed by atoms with van der Waals surface area (Å²) in [6.45, 7) is 9.89. The molecular weight excluding hydrogens is 1610 g/mol. The second-order valence-corrected chi connectivity index (χ2v) is 35.4. The predicted octanol–water partition coefficient (Wildman–Crippen LogP) is 13.6. The number of rotatable bonds is 21. The van der Waals surface area contributed by atoms with Crippen LogP contribution in [0.2, 0.25) is 5.02 Å². The van der Waals surface area contributed by atoms with E-state index < -0.39 is 51.7 Å². The zero-order valence-corrected chi connectivity index (χ0v) is 68.0. The smallest absolute Gasteiger partial charge is 0.272 e. The number of anilines is 4. The standard InChI is InChI=1S/C21H18ClN3O4S.C21H19F2N3O4S.C20H20N4O4S.C19H21N3O4S/c1-13-11-18(25-10-9-23-21(26)20(13)25)17-12-15(24-30(2,27)28)5-8-19(17)29-16-6-3-14(22)4-7-16;1-12-9-17(26-8-7-24-21(27)20(12)26)15-11-14(25-31(2,28)29)4-6-18(15)30-19-5-3-13(22)10-16(19)23;1-13-18-20(25)21-10-11-24(18)19(22-13)16-12-14(23-29(2,26)27)8-9-17(16)28-15-6-4-3-5-7-15;1-12-9-16(22-8-7-20-19(23)18(12)22)15-10-14(21-27(2,24)25)5-6-17(15)26-11-13-3-4-13/h3-12,24H,1-2H3,(H,23,26);3-6,9-11,25H,7-8H2,1-2H3,(H,24,27);3-9,12,23H,10-11H2,1-2H3,(H,21,25);5-10,13,21H,3-4,11H2,1-2H3,(H,20,23). The molecule has 3 aliphatic rings. The second kappa shape index (κ2) is 33.6. The highest BCUT2D eigenvalue weighted by molar-refractivity contribution is 7.92. The number of aromatic nitrogens is 7. The van der Waals surface area contributed by atoms with Crippen LogP contribution in [0.4, 0.5) is 31.5 Å². The first-order chi connectivity index (χ1) is 55.5. The number of aryl methyl sites for hydroxylation is 4. The van der Waals surface area contributed by atoms with Gasteiger partial charge in [-0.25, -0.2) is 47.4 Å². The molecule has 2 amide bonds. The molecule has 0 atom stereocenters. The summed E-state index contributed by atoms with van der Waals surface area (Å²) in [5.41, 5.74) is 10.6. The average Bonchev–Trinajstić information content (AvgIpc) is 1.65. The summed E-state index contributed by atoms with van der Waals surface area (Å²) in [5, 5.41) is 6.19. The minimum Gasteiger partial charge on any atom is -0.493 e. The Balaban J connectivity index is 0.000000136. The summed E-state index contributed by atoms with van der Waals surface area (Å²) in [6.07, 6.45) is 13.3. The first-order valence-corrected chi connectivity index (χ1v) is 44.0. The van der Waals surface area contributed by atoms with Crippen LogP contribution in [0.25, 0.3) is 56.2 Å². The highest BCUT2D eigenvalue weighted by Crippen LogP contribution is 2.43. The number of imidazole rings is 1. The van der Waals surface area contributed by atoms with Gasteiger partial charge in [-0.3, -0.25) is 38.1 Å². The van der Waals surface area contributed by atoms with Gasteiger partial charge < -0.3 is 57.5 Å². The Morgan fingerprint density at radius 1 is 0.470 bits per heavy atom. The fraction of sp³-hybridized carbons (Fsp3) is 0.198. The Morgan fingerprint density at radius 3 is 1.39 bits per heavy atom. The molecule has 7 aromatic carbocycles. The van der Waals surface area contributed by atoms with E-state index in [0.29, 0.717) is 158 Å². The number of fused-ring (bicyclic) bond motifs is 4. The summed E-state index contributed by atoms with van der Waals surface area (Å²) < 4.78 is 162. The average molecular weight is 1690 g/mol. The first kappa shape index (κ1) is 82.3. The van der Waals surface area contributed by atoms with E-state index in [-0.39, 0.29) is 40.1 Å². The molecule has 36 heteroatoms. The summed E-state index contributed by atoms with van der Waals surface area (Å²) in [4.78, 5) is 59.1. The van der Waals surface area contributed by atoms with Gasteiger partial charge in [0, 0.05) is 101 Å². The maximum atomic E-state index is 14.2. The number of hydrogen-bond acceptors (Lipinski definition) is 17. The topological polar surface area (TPSA) is 377 Å². The van der Waals surface area contributed by atoms with Crippen molar-refractivity contribution in [3.8, 4) is 85.4 Å². The molecule has 8 N–H and O–H groups in total. The van der Waals surface area contributed by atoms with Gasteiger partial charge in [0.2, 0.25) is 40.1 Å². The van der Waals surface area contributed by atoms with Crippen LogP contribution in [0.5, 0.6) is 40.2 Å². The zero-order valence-electron chi connectivity index (χ0n) is 64.0. The molecule has 6 aromatic heterocycles. The van der Waals surface area contributed by atoms with Crippen molar-refractivity contribution in [2.45, 2.75) is 53.6 Å². The summed E-state index contributed by atoms with van der Waals surface area (Å²) >= 11 is 5.95. The number of sulfonamides is 4. The summed E-state index contributed by atoms with van der Waals surface area (Å²) in [5.74, 6) is 2.04. The monoisotopic (exact) mass is 1690 g/mol. The van der Waals surface area contributed by atoms with E-state index in [9.17, 15) is 61.6 Å². The lowest BCUT2D eigenvalue weighted by atomic mass is 10.1. The molecule has 29 nitrogen and oxygen atoms in total. The van der Waals surface area contributed by atoms with Crippen LogP contribution in [-0.4, -0.2) is 123 Å². The van der Waals surface area contributed by atoms with Crippen molar-refractivity contribution in [2.24, 2.45) is 5.92 Å². The number of amides is 2. The Bertz CT molecular complexity index is 6670. The molecular formula is C81H78ClF2N13O16S4. The molecule has 0 unspecified atom stereocenters. The number of halogens is 3. The van der Waals surface area contributed by atoms with Crippen LogP contribution < -0.4 is 59.6 Å². The SMILES string of the molecule is Cc1cc(-c2cc(NS(C)(=O)=O)ccc2OCC2CC2)n2cc[nH]c(=O)c12.Cc1cc(-c2cc(NS(C)(=O)=O)ccc2Oc2ccc(Cl)cc2)n2cc[nH]c(=O)c12.Cc1cc(-c2cc(NS(C)(=O)=O)ccc2Oc2ccc(F)cc2F)n2c1C(=O)NCC2.Cc1nc(-c2cc(NS(C)(=O)=O)ccc2Oc2ccccc2)n2c1C(=O)NCC2. The van der Waals surface area contributed by atoms with E-state index in [1.165, 1.54) is 31.0 Å². The molecule has 0 bridgehead atoms. The molecule has 8 heterocycles. The van der Waals surface area contributed by atoms with Crippen molar-refractivity contribution in [2.75, 3.05) is 63.6 Å². The minimum atomic E-state index is -3.54. The first-order valence-electron chi connectivity index (χ1n) is 36.1. The molecule has 0 spiro atoms.